The van der Waals surface area contributed by atoms with Crippen LogP contribution in [-0.4, -0.2) is 17.0 Å². The van der Waals surface area contributed by atoms with Crippen molar-refractivity contribution >= 4 is 29.1 Å². The summed E-state index contributed by atoms with van der Waals surface area (Å²) in [4.78, 5) is 16.1. The van der Waals surface area contributed by atoms with Crippen LogP contribution in [0.5, 0.6) is 5.75 Å². The number of rotatable bonds is 5. The van der Waals surface area contributed by atoms with E-state index in [1.807, 2.05) is 19.1 Å². The van der Waals surface area contributed by atoms with E-state index in [-0.39, 0.29) is 11.9 Å². The van der Waals surface area contributed by atoms with Crippen molar-refractivity contribution in [3.63, 3.8) is 0 Å². The molecule has 2 atom stereocenters. The van der Waals surface area contributed by atoms with E-state index < -0.39 is 6.10 Å². The second kappa shape index (κ2) is 7.47. The van der Waals surface area contributed by atoms with E-state index in [4.69, 9.17) is 27.9 Å². The molecule has 0 saturated carbocycles. The van der Waals surface area contributed by atoms with Gasteiger partial charge in [0.25, 0.3) is 5.91 Å². The fraction of sp³-hybridized carbons (Fsp3) is 0.250. The van der Waals surface area contributed by atoms with Crippen molar-refractivity contribution in [3.05, 3.63) is 58.3 Å². The largest absolute Gasteiger partial charge is 0.479 e. The van der Waals surface area contributed by atoms with Crippen LogP contribution in [0.2, 0.25) is 10.0 Å². The minimum absolute atomic E-state index is 0.137. The highest BCUT2D eigenvalue weighted by molar-refractivity contribution is 6.35. The monoisotopic (exact) mass is 338 g/mol. The molecule has 0 spiro atoms. The zero-order chi connectivity index (χ0) is 16.1. The zero-order valence-corrected chi connectivity index (χ0v) is 13.7. The van der Waals surface area contributed by atoms with Gasteiger partial charge in [-0.3, -0.25) is 9.78 Å². The molecule has 0 fully saturated rings. The van der Waals surface area contributed by atoms with Gasteiger partial charge in [-0.15, -0.1) is 0 Å². The van der Waals surface area contributed by atoms with Gasteiger partial charge in [0.15, 0.2) is 6.10 Å². The van der Waals surface area contributed by atoms with Gasteiger partial charge in [-0.05, 0) is 49.7 Å². The fourth-order valence-corrected chi connectivity index (χ4v) is 2.33. The van der Waals surface area contributed by atoms with Crippen LogP contribution in [0, 0.1) is 0 Å². The molecule has 1 aromatic heterocycles. The first-order chi connectivity index (χ1) is 10.5. The van der Waals surface area contributed by atoms with Crippen LogP contribution in [-0.2, 0) is 4.79 Å². The highest BCUT2D eigenvalue weighted by Crippen LogP contribution is 2.28. The lowest BCUT2D eigenvalue weighted by Gasteiger charge is -2.19. The Morgan fingerprint density at radius 1 is 1.18 bits per heavy atom. The van der Waals surface area contributed by atoms with Gasteiger partial charge in [0.05, 0.1) is 11.1 Å². The van der Waals surface area contributed by atoms with Gasteiger partial charge in [-0.25, -0.2) is 0 Å². The number of pyridine rings is 1. The molecule has 0 aliphatic carbocycles. The summed E-state index contributed by atoms with van der Waals surface area (Å²) >= 11 is 11.9. The SMILES string of the molecule is C[C@@H](Oc1ccc(Cl)cc1Cl)C(=O)N[C@H](C)c1ccncc1. The first-order valence-corrected chi connectivity index (χ1v) is 7.55. The summed E-state index contributed by atoms with van der Waals surface area (Å²) < 4.78 is 5.58. The Morgan fingerprint density at radius 3 is 2.50 bits per heavy atom. The average molecular weight is 339 g/mol. The number of nitrogens with zero attached hydrogens (tertiary/aromatic N) is 1. The molecule has 2 rings (SSSR count). The lowest BCUT2D eigenvalue weighted by atomic mass is 10.1. The number of hydrogen-bond donors (Lipinski definition) is 1. The third-order valence-electron chi connectivity index (χ3n) is 3.13. The summed E-state index contributed by atoms with van der Waals surface area (Å²) in [5.74, 6) is 0.195. The minimum atomic E-state index is -0.678. The Morgan fingerprint density at radius 2 is 1.86 bits per heavy atom. The number of carbonyl (C=O) groups excluding carboxylic acids is 1. The fourth-order valence-electron chi connectivity index (χ4n) is 1.88. The van der Waals surface area contributed by atoms with E-state index in [1.165, 1.54) is 0 Å². The molecule has 0 radical (unpaired) electrons. The third kappa shape index (κ3) is 4.36. The third-order valence-corrected chi connectivity index (χ3v) is 3.66. The average Bonchev–Trinajstić information content (AvgIpc) is 2.50. The maximum Gasteiger partial charge on any atom is 0.261 e. The first-order valence-electron chi connectivity index (χ1n) is 6.79. The Bertz CT molecular complexity index is 650. The Balaban J connectivity index is 1.97. The molecule has 0 aliphatic rings. The number of aromatic nitrogens is 1. The first kappa shape index (κ1) is 16.6. The predicted molar refractivity (Wildman–Crippen MR) is 87.3 cm³/mol. The molecule has 6 heteroatoms. The summed E-state index contributed by atoms with van der Waals surface area (Å²) in [5, 5.41) is 3.77. The summed E-state index contributed by atoms with van der Waals surface area (Å²) in [5.41, 5.74) is 0.972. The maximum atomic E-state index is 12.2. The summed E-state index contributed by atoms with van der Waals surface area (Å²) in [6.45, 7) is 3.56. The molecule has 2 aromatic rings. The maximum absolute atomic E-state index is 12.2. The van der Waals surface area contributed by atoms with Crippen molar-refractivity contribution in [2.75, 3.05) is 0 Å². The molecule has 1 aromatic carbocycles. The van der Waals surface area contributed by atoms with E-state index in [0.29, 0.717) is 15.8 Å². The molecule has 22 heavy (non-hydrogen) atoms. The van der Waals surface area contributed by atoms with E-state index >= 15 is 0 Å². The minimum Gasteiger partial charge on any atom is -0.479 e. The lowest BCUT2D eigenvalue weighted by Crippen LogP contribution is -2.37. The van der Waals surface area contributed by atoms with Gasteiger partial charge in [0.1, 0.15) is 5.75 Å². The quantitative estimate of drug-likeness (QED) is 0.895. The van der Waals surface area contributed by atoms with Gasteiger partial charge >= 0.3 is 0 Å². The normalized spacial score (nSPS) is 13.3. The number of halogens is 2. The number of carbonyl (C=O) groups is 1. The van der Waals surface area contributed by atoms with Crippen LogP contribution in [0.1, 0.15) is 25.5 Å². The van der Waals surface area contributed by atoms with Crippen LogP contribution in [0.25, 0.3) is 0 Å². The Labute approximate surface area is 139 Å². The zero-order valence-electron chi connectivity index (χ0n) is 12.2. The van der Waals surface area contributed by atoms with Gasteiger partial charge in [-0.2, -0.15) is 0 Å². The summed E-state index contributed by atoms with van der Waals surface area (Å²) in [6.07, 6.45) is 2.69. The molecule has 0 aliphatic heterocycles. The number of nitrogens with one attached hydrogen (secondary N) is 1. The molecule has 0 bridgehead atoms. The topological polar surface area (TPSA) is 51.2 Å². The smallest absolute Gasteiger partial charge is 0.261 e. The number of amides is 1. The van der Waals surface area contributed by atoms with Crippen LogP contribution in [0.15, 0.2) is 42.7 Å². The van der Waals surface area contributed by atoms with Crippen molar-refractivity contribution in [2.45, 2.75) is 26.0 Å². The summed E-state index contributed by atoms with van der Waals surface area (Å²) in [6, 6.07) is 8.44. The van der Waals surface area contributed by atoms with Crippen molar-refractivity contribution < 1.29 is 9.53 Å². The molecule has 0 unspecified atom stereocenters. The Kier molecular flexibility index (Phi) is 5.63. The molecule has 4 nitrogen and oxygen atoms in total. The molecule has 1 amide bonds. The van der Waals surface area contributed by atoms with Crippen LogP contribution in [0.3, 0.4) is 0 Å². The number of hydrogen-bond acceptors (Lipinski definition) is 3. The van der Waals surface area contributed by atoms with Crippen molar-refractivity contribution in [3.8, 4) is 5.75 Å². The highest BCUT2D eigenvalue weighted by atomic mass is 35.5. The predicted octanol–water partition coefficient (Wildman–Crippen LogP) is 4.03. The van der Waals surface area contributed by atoms with Gasteiger partial charge in [0, 0.05) is 17.4 Å². The second-order valence-electron chi connectivity index (χ2n) is 4.85. The second-order valence-corrected chi connectivity index (χ2v) is 5.69. The molecule has 1 heterocycles. The van der Waals surface area contributed by atoms with Crippen LogP contribution in [0.4, 0.5) is 0 Å². The van der Waals surface area contributed by atoms with Crippen molar-refractivity contribution in [1.82, 2.24) is 10.3 Å². The van der Waals surface area contributed by atoms with Crippen LogP contribution >= 0.6 is 23.2 Å². The molecule has 116 valence electrons. The van der Waals surface area contributed by atoms with Crippen molar-refractivity contribution in [2.24, 2.45) is 0 Å². The standard InChI is InChI=1S/C16H16Cl2N2O2/c1-10(12-5-7-19-8-6-12)20-16(21)11(2)22-15-4-3-13(17)9-14(15)18/h3-11H,1-2H3,(H,20,21)/t10-,11-/m1/s1. The van der Waals surface area contributed by atoms with Crippen LogP contribution < -0.4 is 10.1 Å². The molecular weight excluding hydrogens is 323 g/mol. The van der Waals surface area contributed by atoms with E-state index in [2.05, 4.69) is 10.3 Å². The van der Waals surface area contributed by atoms with E-state index in [0.717, 1.165) is 5.56 Å². The van der Waals surface area contributed by atoms with Gasteiger partial charge < -0.3 is 10.1 Å². The molecule has 1 N–H and O–H groups in total. The number of ether oxygens (including phenoxy) is 1. The van der Waals surface area contributed by atoms with Crippen molar-refractivity contribution in [1.29, 1.82) is 0 Å². The lowest BCUT2D eigenvalue weighted by molar-refractivity contribution is -0.127. The van der Waals surface area contributed by atoms with Gasteiger partial charge in [0.2, 0.25) is 0 Å². The molecule has 0 saturated heterocycles. The van der Waals surface area contributed by atoms with E-state index in [1.54, 1.807) is 37.5 Å². The summed E-state index contributed by atoms with van der Waals surface area (Å²) in [7, 11) is 0. The Hall–Kier alpha value is -1.78. The number of benzene rings is 1. The van der Waals surface area contributed by atoms with Gasteiger partial charge in [-0.1, -0.05) is 23.2 Å². The molecular formula is C16H16Cl2N2O2. The van der Waals surface area contributed by atoms with E-state index in [9.17, 15) is 4.79 Å². The highest BCUT2D eigenvalue weighted by Gasteiger charge is 2.18.